The molecule has 5 aromatic rings. The van der Waals surface area contributed by atoms with Crippen LogP contribution in [0.2, 0.25) is 0 Å². The highest BCUT2D eigenvalue weighted by Crippen LogP contribution is 2.46. The van der Waals surface area contributed by atoms with Gasteiger partial charge in [-0.25, -0.2) is 9.98 Å². The number of benzene rings is 5. The van der Waals surface area contributed by atoms with Crippen LogP contribution in [0.1, 0.15) is 15.9 Å². The van der Waals surface area contributed by atoms with Crippen molar-refractivity contribution in [2.75, 3.05) is 0 Å². The molecule has 0 aliphatic carbocycles. The summed E-state index contributed by atoms with van der Waals surface area (Å²) in [5.41, 5.74) is 25.3. The monoisotopic (exact) mass is 518 g/mol. The normalized spacial score (nSPS) is 10.8. The predicted octanol–water partition coefficient (Wildman–Crippen LogP) is 4.57. The second kappa shape index (κ2) is 10.4. The van der Waals surface area contributed by atoms with Crippen molar-refractivity contribution in [1.29, 1.82) is 0 Å². The Morgan fingerprint density at radius 2 is 1.33 bits per heavy atom. The van der Waals surface area contributed by atoms with E-state index in [2.05, 4.69) is 9.98 Å². The summed E-state index contributed by atoms with van der Waals surface area (Å²) in [6.45, 7) is 0.109. The van der Waals surface area contributed by atoms with Crippen LogP contribution in [-0.2, 0) is 6.61 Å². The van der Waals surface area contributed by atoms with Gasteiger partial charge in [0.2, 0.25) is 0 Å². The zero-order valence-corrected chi connectivity index (χ0v) is 20.8. The Bertz CT molecular complexity index is 1750. The van der Waals surface area contributed by atoms with Gasteiger partial charge in [-0.1, -0.05) is 54.6 Å². The number of carbonyl (C=O) groups is 1. The van der Waals surface area contributed by atoms with Crippen LogP contribution in [0.15, 0.2) is 94.9 Å². The van der Waals surface area contributed by atoms with Crippen molar-refractivity contribution in [3.63, 3.8) is 0 Å². The highest BCUT2D eigenvalue weighted by Gasteiger charge is 2.20. The van der Waals surface area contributed by atoms with E-state index in [1.165, 1.54) is 0 Å². The van der Waals surface area contributed by atoms with Crippen LogP contribution in [-0.4, -0.2) is 23.3 Å². The number of nitrogens with zero attached hydrogens (tertiary/aromatic N) is 2. The van der Waals surface area contributed by atoms with Crippen LogP contribution in [0.3, 0.4) is 0 Å². The number of aldehydes is 1. The van der Waals surface area contributed by atoms with Crippen LogP contribution >= 0.6 is 0 Å². The summed E-state index contributed by atoms with van der Waals surface area (Å²) >= 11 is 0. The van der Waals surface area contributed by atoms with E-state index >= 15 is 0 Å². The number of aliphatic imine (C=N–C) groups is 2. The summed E-state index contributed by atoms with van der Waals surface area (Å²) in [6, 6.07) is 26.0. The van der Waals surface area contributed by atoms with Crippen molar-refractivity contribution >= 4 is 51.1 Å². The highest BCUT2D eigenvalue weighted by atomic mass is 16.5. The number of phenolic OH excluding ortho intramolecular Hbond substituents is 1. The van der Waals surface area contributed by atoms with E-state index < -0.39 is 0 Å². The summed E-state index contributed by atoms with van der Waals surface area (Å²) in [4.78, 5) is 20.1. The van der Waals surface area contributed by atoms with Gasteiger partial charge in [-0.15, -0.1) is 0 Å². The van der Waals surface area contributed by atoms with E-state index in [0.29, 0.717) is 40.1 Å². The zero-order chi connectivity index (χ0) is 27.5. The highest BCUT2D eigenvalue weighted by molar-refractivity contribution is 6.12. The molecule has 194 valence electrons. The number of hydrogen-bond acceptors (Lipinski definition) is 5. The molecular weight excluding hydrogens is 492 g/mol. The first-order chi connectivity index (χ1) is 18.8. The Morgan fingerprint density at radius 3 is 1.95 bits per heavy atom. The molecule has 0 saturated heterocycles. The lowest BCUT2D eigenvalue weighted by Crippen LogP contribution is -2.22. The standard InChI is InChI=1S/C30H26N6O3/c31-29(32)35-21-11-17(12-22(14-21)36-30(33)34)16-39-25-10-9-18-5-1-3-7-23(18)26(25)27-24-8-4-2-6-19(24)13-20(15-37)28(27)38/h1-15,38H,16H2,(H4,31,32,35)(H4,33,34,36). The van der Waals surface area contributed by atoms with E-state index in [9.17, 15) is 9.90 Å². The SMILES string of the molecule is NC(N)=Nc1cc(COc2ccc3ccccc3c2-c2c(O)c(C=O)cc3ccccc23)cc(N=C(N)N)c1. The molecule has 0 radical (unpaired) electrons. The molecule has 0 spiro atoms. The van der Waals surface area contributed by atoms with E-state index in [0.717, 1.165) is 21.5 Å². The van der Waals surface area contributed by atoms with Crippen molar-refractivity contribution in [1.82, 2.24) is 0 Å². The number of aromatic hydroxyl groups is 1. The molecule has 0 unspecified atom stereocenters. The average Bonchev–Trinajstić information content (AvgIpc) is 2.91. The molecule has 9 heteroatoms. The Labute approximate surface area is 224 Å². The number of nitrogens with two attached hydrogens (primary N) is 4. The summed E-state index contributed by atoms with van der Waals surface area (Å²) in [5, 5.41) is 14.7. The fraction of sp³-hybridized carbons (Fsp3) is 0.0333. The van der Waals surface area contributed by atoms with Crippen molar-refractivity contribution in [3.8, 4) is 22.6 Å². The summed E-state index contributed by atoms with van der Waals surface area (Å²) in [7, 11) is 0. The van der Waals surface area contributed by atoms with Crippen molar-refractivity contribution in [2.45, 2.75) is 6.61 Å². The first kappa shape index (κ1) is 25.1. The van der Waals surface area contributed by atoms with Gasteiger partial charge in [0.1, 0.15) is 18.1 Å². The van der Waals surface area contributed by atoms with Crippen LogP contribution < -0.4 is 27.7 Å². The molecule has 5 aromatic carbocycles. The van der Waals surface area contributed by atoms with E-state index in [-0.39, 0.29) is 29.8 Å². The number of phenols is 1. The smallest absolute Gasteiger partial charge is 0.191 e. The Balaban J connectivity index is 1.69. The number of guanidine groups is 2. The van der Waals surface area contributed by atoms with Crippen molar-refractivity contribution in [2.24, 2.45) is 32.9 Å². The largest absolute Gasteiger partial charge is 0.507 e. The van der Waals surface area contributed by atoms with Crippen LogP contribution in [0.25, 0.3) is 32.7 Å². The third-order valence-electron chi connectivity index (χ3n) is 6.19. The average molecular weight is 519 g/mol. The number of ether oxygens (including phenoxy) is 1. The second-order valence-corrected chi connectivity index (χ2v) is 8.91. The van der Waals surface area contributed by atoms with Gasteiger partial charge in [0.25, 0.3) is 0 Å². The molecule has 0 aliphatic rings. The Morgan fingerprint density at radius 1 is 0.744 bits per heavy atom. The van der Waals surface area contributed by atoms with Crippen LogP contribution in [0.4, 0.5) is 11.4 Å². The number of rotatable bonds is 7. The fourth-order valence-corrected chi connectivity index (χ4v) is 4.66. The molecule has 39 heavy (non-hydrogen) atoms. The van der Waals surface area contributed by atoms with Gasteiger partial charge in [-0.3, -0.25) is 4.79 Å². The number of carbonyl (C=O) groups excluding carboxylic acids is 1. The Kier molecular flexibility index (Phi) is 6.71. The molecule has 0 heterocycles. The molecule has 9 nitrogen and oxygen atoms in total. The minimum Gasteiger partial charge on any atom is -0.507 e. The Hall–Kier alpha value is -5.57. The number of fused-ring (bicyclic) bond motifs is 2. The third-order valence-corrected chi connectivity index (χ3v) is 6.19. The van der Waals surface area contributed by atoms with Gasteiger partial charge in [0.05, 0.1) is 16.9 Å². The molecule has 0 aromatic heterocycles. The minimum atomic E-state index is -0.116. The predicted molar refractivity (Wildman–Crippen MR) is 156 cm³/mol. The van der Waals surface area contributed by atoms with Gasteiger partial charge in [0, 0.05) is 11.1 Å². The maximum atomic E-state index is 11.9. The van der Waals surface area contributed by atoms with Crippen molar-refractivity contribution in [3.05, 3.63) is 96.1 Å². The summed E-state index contributed by atoms with van der Waals surface area (Å²) in [5.74, 6) is 0.165. The lowest BCUT2D eigenvalue weighted by Gasteiger charge is -2.18. The summed E-state index contributed by atoms with van der Waals surface area (Å²) < 4.78 is 6.36. The molecule has 9 N–H and O–H groups in total. The first-order valence-electron chi connectivity index (χ1n) is 12.0. The van der Waals surface area contributed by atoms with E-state index in [1.54, 1.807) is 24.3 Å². The van der Waals surface area contributed by atoms with Gasteiger partial charge < -0.3 is 32.8 Å². The number of hydrogen-bond donors (Lipinski definition) is 5. The topological polar surface area (TPSA) is 175 Å². The summed E-state index contributed by atoms with van der Waals surface area (Å²) in [6.07, 6.45) is 0.650. The lowest BCUT2D eigenvalue weighted by molar-refractivity contribution is 0.112. The molecule has 0 bridgehead atoms. The van der Waals surface area contributed by atoms with Crippen LogP contribution in [0.5, 0.6) is 11.5 Å². The molecular formula is C30H26N6O3. The molecule has 0 saturated carbocycles. The molecule has 0 amide bonds. The quantitative estimate of drug-likeness (QED) is 0.119. The fourth-order valence-electron chi connectivity index (χ4n) is 4.66. The maximum Gasteiger partial charge on any atom is 0.191 e. The minimum absolute atomic E-state index is 0.109. The van der Waals surface area contributed by atoms with Gasteiger partial charge in [-0.05, 0) is 57.4 Å². The zero-order valence-electron chi connectivity index (χ0n) is 20.8. The third kappa shape index (κ3) is 5.14. The maximum absolute atomic E-state index is 11.9. The van der Waals surface area contributed by atoms with Crippen LogP contribution in [0, 0.1) is 0 Å². The van der Waals surface area contributed by atoms with Gasteiger partial charge >= 0.3 is 0 Å². The molecule has 5 rings (SSSR count). The van der Waals surface area contributed by atoms with Gasteiger partial charge in [0.15, 0.2) is 18.2 Å². The van der Waals surface area contributed by atoms with E-state index in [4.69, 9.17) is 27.7 Å². The molecule has 0 fully saturated rings. The lowest BCUT2D eigenvalue weighted by atomic mass is 9.90. The molecule has 0 aliphatic heterocycles. The van der Waals surface area contributed by atoms with E-state index in [1.807, 2.05) is 60.7 Å². The molecule has 0 atom stereocenters. The first-order valence-corrected chi connectivity index (χ1v) is 12.0. The second-order valence-electron chi connectivity index (χ2n) is 8.91. The van der Waals surface area contributed by atoms with Gasteiger partial charge in [-0.2, -0.15) is 0 Å². The van der Waals surface area contributed by atoms with Crippen molar-refractivity contribution < 1.29 is 14.6 Å².